The first-order valence-electron chi connectivity index (χ1n) is 6.20. The molecule has 1 heterocycles. The second-order valence-electron chi connectivity index (χ2n) is 4.91. The average Bonchev–Trinajstić information content (AvgIpc) is 2.33. The number of nitrogens with zero attached hydrogens (tertiary/aromatic N) is 1. The molecule has 7 heteroatoms. The summed E-state index contributed by atoms with van der Waals surface area (Å²) in [6, 6.07) is 4.52. The maximum Gasteiger partial charge on any atom is 0.416 e. The van der Waals surface area contributed by atoms with Gasteiger partial charge in [0.05, 0.1) is 5.56 Å². The highest BCUT2D eigenvalue weighted by Crippen LogP contribution is 2.34. The van der Waals surface area contributed by atoms with Crippen molar-refractivity contribution >= 4 is 28.3 Å². The number of piperidine rings is 1. The quantitative estimate of drug-likeness (QED) is 0.854. The molecule has 2 rings (SSSR count). The van der Waals surface area contributed by atoms with E-state index in [4.69, 9.17) is 5.73 Å². The summed E-state index contributed by atoms with van der Waals surface area (Å²) in [5, 5.41) is 0. The fraction of sp³-hybridized carbons (Fsp3) is 0.538. The molecule has 0 aromatic heterocycles. The smallest absolute Gasteiger partial charge is 0.328 e. The second-order valence-corrected chi connectivity index (χ2v) is 5.83. The van der Waals surface area contributed by atoms with E-state index in [0.717, 1.165) is 32.0 Å². The molecule has 0 saturated carbocycles. The molecule has 2 N–H and O–H groups in total. The average molecular weight is 374 g/mol. The molecular weight excluding hydrogens is 357 g/mol. The fourth-order valence-corrected chi connectivity index (χ4v) is 2.66. The summed E-state index contributed by atoms with van der Waals surface area (Å²) in [5.74, 6) is 0. The van der Waals surface area contributed by atoms with E-state index >= 15 is 0 Å². The van der Waals surface area contributed by atoms with Crippen LogP contribution in [-0.2, 0) is 12.7 Å². The SMILES string of the molecule is Cl.NC1CCN(Cc2ccc(Br)cc2C(F)(F)F)CC1. The van der Waals surface area contributed by atoms with Crippen molar-refractivity contribution in [3.8, 4) is 0 Å². The minimum Gasteiger partial charge on any atom is -0.328 e. The van der Waals surface area contributed by atoms with Gasteiger partial charge in [0.15, 0.2) is 0 Å². The summed E-state index contributed by atoms with van der Waals surface area (Å²) in [5.41, 5.74) is 5.56. The summed E-state index contributed by atoms with van der Waals surface area (Å²) in [4.78, 5) is 2.03. The van der Waals surface area contributed by atoms with Crippen LogP contribution in [0.2, 0.25) is 0 Å². The van der Waals surface area contributed by atoms with E-state index in [1.165, 1.54) is 0 Å². The maximum atomic E-state index is 13.0. The van der Waals surface area contributed by atoms with Crippen molar-refractivity contribution in [2.75, 3.05) is 13.1 Å². The standard InChI is InChI=1S/C13H16BrF3N2.ClH/c14-10-2-1-9(12(7-10)13(15,16)17)8-19-5-3-11(18)4-6-19;/h1-2,7,11H,3-6,8,18H2;1H. The molecule has 0 bridgehead atoms. The number of likely N-dealkylation sites (tertiary alicyclic amines) is 1. The van der Waals surface area contributed by atoms with Crippen molar-refractivity contribution in [3.63, 3.8) is 0 Å². The number of halogens is 5. The van der Waals surface area contributed by atoms with Gasteiger partial charge in [-0.25, -0.2) is 0 Å². The number of alkyl halides is 3. The molecule has 1 fully saturated rings. The van der Waals surface area contributed by atoms with Gasteiger partial charge < -0.3 is 5.73 Å². The number of rotatable bonds is 2. The summed E-state index contributed by atoms with van der Waals surface area (Å²) < 4.78 is 39.4. The van der Waals surface area contributed by atoms with Crippen LogP contribution in [0.4, 0.5) is 13.2 Å². The Morgan fingerprint density at radius 2 is 1.85 bits per heavy atom. The molecule has 0 unspecified atom stereocenters. The number of hydrogen-bond acceptors (Lipinski definition) is 2. The molecule has 0 spiro atoms. The lowest BCUT2D eigenvalue weighted by Crippen LogP contribution is -2.39. The van der Waals surface area contributed by atoms with Crippen LogP contribution >= 0.6 is 28.3 Å². The van der Waals surface area contributed by atoms with Crippen LogP contribution in [0.5, 0.6) is 0 Å². The van der Waals surface area contributed by atoms with Crippen LogP contribution in [0.25, 0.3) is 0 Å². The lowest BCUT2D eigenvalue weighted by Gasteiger charge is -2.30. The Morgan fingerprint density at radius 3 is 2.40 bits per heavy atom. The molecule has 20 heavy (non-hydrogen) atoms. The molecule has 1 aromatic rings. The number of hydrogen-bond donors (Lipinski definition) is 1. The van der Waals surface area contributed by atoms with Gasteiger partial charge in [0.25, 0.3) is 0 Å². The molecule has 1 saturated heterocycles. The lowest BCUT2D eigenvalue weighted by atomic mass is 10.0. The monoisotopic (exact) mass is 372 g/mol. The third-order valence-corrected chi connectivity index (χ3v) is 3.90. The lowest BCUT2D eigenvalue weighted by molar-refractivity contribution is -0.138. The Hall–Kier alpha value is -0.300. The highest BCUT2D eigenvalue weighted by atomic mass is 79.9. The van der Waals surface area contributed by atoms with Crippen molar-refractivity contribution in [1.29, 1.82) is 0 Å². The molecule has 1 aliphatic heterocycles. The van der Waals surface area contributed by atoms with Crippen molar-refractivity contribution in [2.45, 2.75) is 31.6 Å². The normalized spacial score (nSPS) is 17.9. The Labute approximate surface area is 131 Å². The summed E-state index contributed by atoms with van der Waals surface area (Å²) in [7, 11) is 0. The molecule has 0 radical (unpaired) electrons. The maximum absolute atomic E-state index is 13.0. The Balaban J connectivity index is 0.00000200. The Bertz CT molecular complexity index is 446. The predicted molar refractivity (Wildman–Crippen MR) is 78.9 cm³/mol. The van der Waals surface area contributed by atoms with E-state index < -0.39 is 11.7 Å². The van der Waals surface area contributed by atoms with E-state index in [-0.39, 0.29) is 18.4 Å². The van der Waals surface area contributed by atoms with Gasteiger partial charge >= 0.3 is 6.18 Å². The van der Waals surface area contributed by atoms with Crippen molar-refractivity contribution in [3.05, 3.63) is 33.8 Å². The van der Waals surface area contributed by atoms with Gasteiger partial charge in [-0.3, -0.25) is 4.90 Å². The van der Waals surface area contributed by atoms with Crippen LogP contribution in [-0.4, -0.2) is 24.0 Å². The first-order chi connectivity index (χ1) is 8.86. The zero-order valence-corrected chi connectivity index (χ0v) is 13.2. The molecule has 2 nitrogen and oxygen atoms in total. The van der Waals surface area contributed by atoms with Crippen LogP contribution in [0.3, 0.4) is 0 Å². The van der Waals surface area contributed by atoms with Crippen LogP contribution in [0.1, 0.15) is 24.0 Å². The minimum atomic E-state index is -4.31. The first kappa shape index (κ1) is 17.8. The van der Waals surface area contributed by atoms with Crippen molar-refractivity contribution in [1.82, 2.24) is 4.90 Å². The highest BCUT2D eigenvalue weighted by Gasteiger charge is 2.34. The third kappa shape index (κ3) is 4.62. The molecule has 0 amide bonds. The molecule has 1 aliphatic rings. The summed E-state index contributed by atoms with van der Waals surface area (Å²) in [6.45, 7) is 1.85. The third-order valence-electron chi connectivity index (χ3n) is 3.40. The molecule has 0 atom stereocenters. The van der Waals surface area contributed by atoms with Crippen LogP contribution < -0.4 is 5.73 Å². The molecule has 114 valence electrons. The van der Waals surface area contributed by atoms with Crippen LogP contribution in [0.15, 0.2) is 22.7 Å². The van der Waals surface area contributed by atoms with E-state index in [2.05, 4.69) is 15.9 Å². The largest absolute Gasteiger partial charge is 0.416 e. The highest BCUT2D eigenvalue weighted by molar-refractivity contribution is 9.10. The number of nitrogens with two attached hydrogens (primary N) is 1. The van der Waals surface area contributed by atoms with E-state index in [9.17, 15) is 13.2 Å². The van der Waals surface area contributed by atoms with E-state index in [0.29, 0.717) is 16.6 Å². The summed E-state index contributed by atoms with van der Waals surface area (Å²) in [6.07, 6.45) is -2.62. The minimum absolute atomic E-state index is 0. The van der Waals surface area contributed by atoms with Gasteiger partial charge in [-0.05, 0) is 43.6 Å². The molecular formula is C13H17BrClF3N2. The topological polar surface area (TPSA) is 29.3 Å². The van der Waals surface area contributed by atoms with Crippen LogP contribution in [0, 0.1) is 0 Å². The van der Waals surface area contributed by atoms with Gasteiger partial charge in [0, 0.05) is 17.1 Å². The van der Waals surface area contributed by atoms with Gasteiger partial charge in [0.2, 0.25) is 0 Å². The zero-order chi connectivity index (χ0) is 14.0. The predicted octanol–water partition coefficient (Wildman–Crippen LogP) is 3.81. The second kappa shape index (κ2) is 7.11. The molecule has 1 aromatic carbocycles. The fourth-order valence-electron chi connectivity index (χ4n) is 2.30. The summed E-state index contributed by atoms with van der Waals surface area (Å²) >= 11 is 3.09. The van der Waals surface area contributed by atoms with Gasteiger partial charge in [-0.1, -0.05) is 22.0 Å². The van der Waals surface area contributed by atoms with Crippen molar-refractivity contribution in [2.24, 2.45) is 5.73 Å². The Morgan fingerprint density at radius 1 is 1.25 bits per heavy atom. The van der Waals surface area contributed by atoms with Gasteiger partial charge in [-0.15, -0.1) is 12.4 Å². The zero-order valence-electron chi connectivity index (χ0n) is 10.8. The van der Waals surface area contributed by atoms with E-state index in [1.54, 1.807) is 12.1 Å². The molecule has 0 aliphatic carbocycles. The first-order valence-corrected chi connectivity index (χ1v) is 6.99. The van der Waals surface area contributed by atoms with Gasteiger partial charge in [-0.2, -0.15) is 13.2 Å². The Kier molecular flexibility index (Phi) is 6.31. The van der Waals surface area contributed by atoms with Crippen molar-refractivity contribution < 1.29 is 13.2 Å². The number of benzene rings is 1. The van der Waals surface area contributed by atoms with Gasteiger partial charge in [0.1, 0.15) is 0 Å². The van der Waals surface area contributed by atoms with E-state index in [1.807, 2.05) is 4.90 Å².